The average Bonchev–Trinajstić information content (AvgIpc) is 2.88. The second-order valence-electron chi connectivity index (χ2n) is 7.20. The molecule has 0 fully saturated rings. The largest absolute Gasteiger partial charge is 0.444 e. The number of hydrogen-bond acceptors (Lipinski definition) is 4. The summed E-state index contributed by atoms with van der Waals surface area (Å²) in [7, 11) is 1.80. The predicted molar refractivity (Wildman–Crippen MR) is 111 cm³/mol. The van der Waals surface area contributed by atoms with Gasteiger partial charge in [-0.15, -0.1) is 0 Å². The summed E-state index contributed by atoms with van der Waals surface area (Å²) in [5.41, 5.74) is 1.27. The van der Waals surface area contributed by atoms with Crippen molar-refractivity contribution in [2.45, 2.75) is 33.3 Å². The van der Waals surface area contributed by atoms with Crippen LogP contribution in [0, 0.1) is 16.3 Å². The van der Waals surface area contributed by atoms with Crippen LogP contribution in [0.3, 0.4) is 0 Å². The second-order valence-corrected chi connectivity index (χ2v) is 8.36. The number of pyridine rings is 1. The van der Waals surface area contributed by atoms with Crippen LogP contribution in [0.25, 0.3) is 21.9 Å². The number of aryl methyl sites for hydroxylation is 1. The van der Waals surface area contributed by atoms with Crippen LogP contribution in [0.15, 0.2) is 24.5 Å². The first kappa shape index (κ1) is 19.5. The van der Waals surface area contributed by atoms with Gasteiger partial charge in [0.1, 0.15) is 17.2 Å². The van der Waals surface area contributed by atoms with Gasteiger partial charge in [-0.1, -0.05) is 12.1 Å². The summed E-state index contributed by atoms with van der Waals surface area (Å²) in [6.07, 6.45) is 2.53. The first-order valence-corrected chi connectivity index (χ1v) is 9.42. The van der Waals surface area contributed by atoms with Gasteiger partial charge in [0, 0.05) is 39.0 Å². The Morgan fingerprint density at radius 3 is 2.56 bits per heavy atom. The summed E-state index contributed by atoms with van der Waals surface area (Å²) in [6.45, 7) is 7.15. The Kier molecular flexibility index (Phi) is 5.11. The Bertz CT molecular complexity index is 1040. The molecule has 3 aromatic rings. The molecule has 2 heterocycles. The van der Waals surface area contributed by atoms with Crippen LogP contribution in [0.5, 0.6) is 0 Å². The molecule has 0 aliphatic heterocycles. The van der Waals surface area contributed by atoms with E-state index < -0.39 is 17.5 Å². The van der Waals surface area contributed by atoms with Crippen LogP contribution < -0.4 is 5.32 Å². The summed E-state index contributed by atoms with van der Waals surface area (Å²) in [5.74, 6) is -0.332. The normalized spacial score (nSPS) is 11.7. The first-order valence-electron chi connectivity index (χ1n) is 8.34. The number of hydrogen-bond donors (Lipinski definition) is 1. The molecule has 2 aromatic heterocycles. The number of benzene rings is 1. The Labute approximate surface area is 170 Å². The van der Waals surface area contributed by atoms with Crippen molar-refractivity contribution in [3.63, 3.8) is 0 Å². The van der Waals surface area contributed by atoms with E-state index in [4.69, 9.17) is 4.74 Å². The molecule has 0 aliphatic carbocycles. The summed E-state index contributed by atoms with van der Waals surface area (Å²) in [6, 6.07) is 3.55. The molecule has 0 atom stereocenters. The molecule has 142 valence electrons. The van der Waals surface area contributed by atoms with Gasteiger partial charge >= 0.3 is 6.09 Å². The van der Waals surface area contributed by atoms with Gasteiger partial charge < -0.3 is 4.74 Å². The summed E-state index contributed by atoms with van der Waals surface area (Å²) >= 11 is 2.09. The maximum atomic E-state index is 15.5. The number of carbonyl (C=O) groups is 1. The fraction of sp³-hybridized carbons (Fsp3) is 0.316. The summed E-state index contributed by atoms with van der Waals surface area (Å²) < 4.78 is 23.2. The molecular formula is C19H20FIN4O2. The number of ether oxygens (including phenoxy) is 1. The third-order valence-corrected chi connectivity index (χ3v) is 4.95. The van der Waals surface area contributed by atoms with E-state index in [0.29, 0.717) is 16.5 Å². The lowest BCUT2D eigenvalue weighted by Crippen LogP contribution is -2.27. The van der Waals surface area contributed by atoms with E-state index >= 15 is 4.39 Å². The third-order valence-electron chi connectivity index (χ3n) is 4.09. The molecule has 3 rings (SSSR count). The topological polar surface area (TPSA) is 69.0 Å². The molecule has 27 heavy (non-hydrogen) atoms. The van der Waals surface area contributed by atoms with Crippen LogP contribution in [-0.2, 0) is 11.8 Å². The molecule has 1 amide bonds. The lowest BCUT2D eigenvalue weighted by molar-refractivity contribution is 0.0635. The Morgan fingerprint density at radius 2 is 1.96 bits per heavy atom. The molecule has 6 nitrogen and oxygen atoms in total. The first-order chi connectivity index (χ1) is 12.6. The van der Waals surface area contributed by atoms with Crippen molar-refractivity contribution in [1.29, 1.82) is 0 Å². The quantitative estimate of drug-likeness (QED) is 0.520. The molecule has 8 heteroatoms. The number of rotatable bonds is 2. The average molecular weight is 482 g/mol. The highest BCUT2D eigenvalue weighted by atomic mass is 127. The highest BCUT2D eigenvalue weighted by Gasteiger charge is 2.21. The minimum atomic E-state index is -0.681. The van der Waals surface area contributed by atoms with Gasteiger partial charge in [0.05, 0.1) is 11.6 Å². The van der Waals surface area contributed by atoms with Crippen molar-refractivity contribution in [3.8, 4) is 11.1 Å². The number of nitrogens with zero attached hydrogens (tertiary/aromatic N) is 3. The van der Waals surface area contributed by atoms with Crippen LogP contribution in [0.2, 0.25) is 0 Å². The SMILES string of the molecule is Cc1c(-c2ccc3c(I)cnc(NC(=O)OC(C)(C)C)c3c2F)cnn1C. The molecule has 1 aromatic carbocycles. The lowest BCUT2D eigenvalue weighted by atomic mass is 10.0. The number of amides is 1. The number of aromatic nitrogens is 3. The van der Waals surface area contributed by atoms with Gasteiger partial charge in [0.25, 0.3) is 0 Å². The van der Waals surface area contributed by atoms with E-state index in [9.17, 15) is 4.79 Å². The molecule has 0 aliphatic rings. The smallest absolute Gasteiger partial charge is 0.413 e. The van der Waals surface area contributed by atoms with Crippen molar-refractivity contribution in [3.05, 3.63) is 39.6 Å². The minimum Gasteiger partial charge on any atom is -0.444 e. The highest BCUT2D eigenvalue weighted by Crippen LogP contribution is 2.35. The monoisotopic (exact) mass is 482 g/mol. The molecule has 0 saturated heterocycles. The Balaban J connectivity index is 2.15. The van der Waals surface area contributed by atoms with E-state index in [0.717, 1.165) is 9.26 Å². The lowest BCUT2D eigenvalue weighted by Gasteiger charge is -2.20. The number of carbonyl (C=O) groups excluding carboxylic acids is 1. The zero-order chi connectivity index (χ0) is 19.9. The van der Waals surface area contributed by atoms with Crippen molar-refractivity contribution in [2.24, 2.45) is 7.05 Å². The van der Waals surface area contributed by atoms with E-state index in [2.05, 4.69) is 38.0 Å². The van der Waals surface area contributed by atoms with Crippen molar-refractivity contribution >= 4 is 45.3 Å². The van der Waals surface area contributed by atoms with Crippen LogP contribution in [-0.4, -0.2) is 26.5 Å². The Morgan fingerprint density at radius 1 is 1.26 bits per heavy atom. The molecule has 0 spiro atoms. The molecule has 0 radical (unpaired) electrons. The third kappa shape index (κ3) is 3.90. The van der Waals surface area contributed by atoms with Crippen LogP contribution in [0.1, 0.15) is 26.5 Å². The van der Waals surface area contributed by atoms with Gasteiger partial charge in [0.15, 0.2) is 0 Å². The van der Waals surface area contributed by atoms with Gasteiger partial charge in [-0.3, -0.25) is 10.00 Å². The number of halogens is 2. The standard InChI is InChI=1S/C19H20FIN4O2/c1-10-13(8-23-25(10)5)11-6-7-12-14(21)9-22-17(15(12)16(11)20)24-18(26)27-19(2,3)4/h6-9H,1-5H3,(H,22,24,26). The molecule has 0 bridgehead atoms. The maximum Gasteiger partial charge on any atom is 0.413 e. The second kappa shape index (κ2) is 7.06. The van der Waals surface area contributed by atoms with Crippen LogP contribution >= 0.6 is 22.6 Å². The van der Waals surface area contributed by atoms with E-state index in [1.54, 1.807) is 51.0 Å². The van der Waals surface area contributed by atoms with E-state index in [1.165, 1.54) is 0 Å². The number of nitrogens with one attached hydrogen (secondary N) is 1. The molecule has 1 N–H and O–H groups in total. The zero-order valence-electron chi connectivity index (χ0n) is 15.7. The molecular weight excluding hydrogens is 462 g/mol. The summed E-state index contributed by atoms with van der Waals surface area (Å²) in [4.78, 5) is 16.4. The van der Waals surface area contributed by atoms with E-state index in [-0.39, 0.29) is 11.2 Å². The van der Waals surface area contributed by atoms with Gasteiger partial charge in [-0.05, 0) is 50.3 Å². The fourth-order valence-electron chi connectivity index (χ4n) is 2.73. The predicted octanol–water partition coefficient (Wildman–Crippen LogP) is 5.03. The van der Waals surface area contributed by atoms with Crippen molar-refractivity contribution in [2.75, 3.05) is 5.32 Å². The number of anilines is 1. The van der Waals surface area contributed by atoms with Crippen LogP contribution in [0.4, 0.5) is 15.0 Å². The summed E-state index contributed by atoms with van der Waals surface area (Å²) in [5, 5.41) is 7.67. The maximum absolute atomic E-state index is 15.5. The zero-order valence-corrected chi connectivity index (χ0v) is 17.9. The fourth-order valence-corrected chi connectivity index (χ4v) is 3.32. The van der Waals surface area contributed by atoms with Gasteiger partial charge in [-0.25, -0.2) is 14.2 Å². The number of fused-ring (bicyclic) bond motifs is 1. The molecule has 0 saturated carbocycles. The van der Waals surface area contributed by atoms with E-state index in [1.807, 2.05) is 13.0 Å². The van der Waals surface area contributed by atoms with Crippen molar-refractivity contribution in [1.82, 2.24) is 14.8 Å². The van der Waals surface area contributed by atoms with Gasteiger partial charge in [0.2, 0.25) is 0 Å². The highest BCUT2D eigenvalue weighted by molar-refractivity contribution is 14.1. The van der Waals surface area contributed by atoms with Crippen molar-refractivity contribution < 1.29 is 13.9 Å². The van der Waals surface area contributed by atoms with Gasteiger partial charge in [-0.2, -0.15) is 5.10 Å². The Hall–Kier alpha value is -2.23. The minimum absolute atomic E-state index is 0.126. The molecule has 0 unspecified atom stereocenters.